The van der Waals surface area contributed by atoms with Crippen molar-refractivity contribution in [1.82, 2.24) is 4.90 Å². The number of amides is 2. The second-order valence-electron chi connectivity index (χ2n) is 3.80. The third-order valence-corrected chi connectivity index (χ3v) is 2.65. The van der Waals surface area contributed by atoms with Gasteiger partial charge >= 0.3 is 0 Å². The van der Waals surface area contributed by atoms with Crippen molar-refractivity contribution in [3.8, 4) is 6.07 Å². The molecular formula is C12H9FN2O2. The van der Waals surface area contributed by atoms with Crippen LogP contribution < -0.4 is 0 Å². The van der Waals surface area contributed by atoms with Gasteiger partial charge < -0.3 is 0 Å². The highest BCUT2D eigenvalue weighted by atomic mass is 19.1. The Morgan fingerprint density at radius 3 is 2.53 bits per heavy atom. The monoisotopic (exact) mass is 232 g/mol. The van der Waals surface area contributed by atoms with E-state index < -0.39 is 5.82 Å². The summed E-state index contributed by atoms with van der Waals surface area (Å²) in [5.74, 6) is -1.05. The molecule has 5 heteroatoms. The Morgan fingerprint density at radius 1 is 1.29 bits per heavy atom. The molecule has 1 aliphatic heterocycles. The molecule has 0 saturated carbocycles. The van der Waals surface area contributed by atoms with Crippen LogP contribution in [0.15, 0.2) is 18.2 Å². The number of nitriles is 1. The van der Waals surface area contributed by atoms with Crippen LogP contribution in [0.3, 0.4) is 0 Å². The lowest BCUT2D eigenvalue weighted by atomic mass is 10.1. The van der Waals surface area contributed by atoms with Crippen molar-refractivity contribution in [1.29, 1.82) is 5.26 Å². The fraction of sp³-hybridized carbons (Fsp3) is 0.250. The first-order chi connectivity index (χ1) is 8.11. The van der Waals surface area contributed by atoms with Crippen molar-refractivity contribution in [3.05, 3.63) is 35.1 Å². The zero-order valence-electron chi connectivity index (χ0n) is 8.94. The van der Waals surface area contributed by atoms with Crippen LogP contribution in [0.5, 0.6) is 0 Å². The van der Waals surface area contributed by atoms with Crippen LogP contribution in [0.4, 0.5) is 4.39 Å². The van der Waals surface area contributed by atoms with E-state index in [-0.39, 0.29) is 36.8 Å². The van der Waals surface area contributed by atoms with Gasteiger partial charge in [-0.15, -0.1) is 0 Å². The van der Waals surface area contributed by atoms with E-state index in [0.717, 1.165) is 4.90 Å². The Hall–Kier alpha value is -2.22. The molecule has 0 radical (unpaired) electrons. The van der Waals surface area contributed by atoms with Crippen LogP contribution in [0.2, 0.25) is 0 Å². The van der Waals surface area contributed by atoms with E-state index in [1.807, 2.05) is 0 Å². The van der Waals surface area contributed by atoms with E-state index in [4.69, 9.17) is 5.26 Å². The molecule has 17 heavy (non-hydrogen) atoms. The van der Waals surface area contributed by atoms with Gasteiger partial charge in [-0.2, -0.15) is 5.26 Å². The standard InChI is InChI=1S/C12H9FN2O2/c13-10-2-1-8(5-9(10)6-14)7-15-11(16)3-4-12(15)17/h1-2,5H,3-4,7H2. The van der Waals surface area contributed by atoms with Crippen molar-refractivity contribution in [2.24, 2.45) is 0 Å². The minimum atomic E-state index is -0.602. The van der Waals surface area contributed by atoms with E-state index in [2.05, 4.69) is 0 Å². The third kappa shape index (κ3) is 2.16. The Kier molecular flexibility index (Phi) is 2.88. The number of hydrogen-bond acceptors (Lipinski definition) is 3. The Morgan fingerprint density at radius 2 is 1.94 bits per heavy atom. The Bertz CT molecular complexity index is 518. The molecule has 0 atom stereocenters. The molecule has 86 valence electrons. The smallest absolute Gasteiger partial charge is 0.229 e. The number of rotatable bonds is 2. The number of hydrogen-bond donors (Lipinski definition) is 0. The fourth-order valence-electron chi connectivity index (χ4n) is 1.74. The van der Waals surface area contributed by atoms with Crippen LogP contribution in [0.1, 0.15) is 24.0 Å². The topological polar surface area (TPSA) is 61.2 Å². The number of likely N-dealkylation sites (tertiary alicyclic amines) is 1. The molecule has 0 aromatic heterocycles. The second kappa shape index (κ2) is 4.34. The summed E-state index contributed by atoms with van der Waals surface area (Å²) < 4.78 is 13.1. The van der Waals surface area contributed by atoms with Crippen LogP contribution in [0.25, 0.3) is 0 Å². The molecule has 2 amide bonds. The molecule has 0 aliphatic carbocycles. The van der Waals surface area contributed by atoms with E-state index >= 15 is 0 Å². The van der Waals surface area contributed by atoms with Gasteiger partial charge in [0.05, 0.1) is 12.1 Å². The van der Waals surface area contributed by atoms with Gasteiger partial charge in [-0.1, -0.05) is 6.07 Å². The fourth-order valence-corrected chi connectivity index (χ4v) is 1.74. The largest absolute Gasteiger partial charge is 0.278 e. The summed E-state index contributed by atoms with van der Waals surface area (Å²) in [6.45, 7) is 0.104. The number of carbonyl (C=O) groups excluding carboxylic acids is 2. The van der Waals surface area contributed by atoms with Crippen molar-refractivity contribution < 1.29 is 14.0 Å². The maximum Gasteiger partial charge on any atom is 0.229 e. The number of benzene rings is 1. The highest BCUT2D eigenvalue weighted by Gasteiger charge is 2.28. The highest BCUT2D eigenvalue weighted by molar-refractivity contribution is 6.01. The van der Waals surface area contributed by atoms with Crippen LogP contribution in [-0.2, 0) is 16.1 Å². The summed E-state index contributed by atoms with van der Waals surface area (Å²) in [5, 5.41) is 8.67. The predicted octanol–water partition coefficient (Wildman–Crippen LogP) is 1.35. The Labute approximate surface area is 97.3 Å². The lowest BCUT2D eigenvalue weighted by Crippen LogP contribution is -2.28. The molecule has 1 aromatic rings. The second-order valence-corrected chi connectivity index (χ2v) is 3.80. The lowest BCUT2D eigenvalue weighted by Gasteiger charge is -2.13. The molecule has 0 N–H and O–H groups in total. The molecule has 0 unspecified atom stereocenters. The maximum absolute atomic E-state index is 13.1. The van der Waals surface area contributed by atoms with E-state index in [0.29, 0.717) is 5.56 Å². The summed E-state index contributed by atoms with van der Waals surface area (Å²) in [4.78, 5) is 23.9. The summed E-state index contributed by atoms with van der Waals surface area (Å²) in [5.41, 5.74) is 0.494. The van der Waals surface area contributed by atoms with Crippen molar-refractivity contribution >= 4 is 11.8 Å². The lowest BCUT2D eigenvalue weighted by molar-refractivity contribution is -0.139. The molecule has 0 bridgehead atoms. The minimum Gasteiger partial charge on any atom is -0.278 e. The highest BCUT2D eigenvalue weighted by Crippen LogP contribution is 2.17. The van der Waals surface area contributed by atoms with Gasteiger partial charge in [0, 0.05) is 12.8 Å². The average Bonchev–Trinajstić information content (AvgIpc) is 2.63. The molecule has 4 nitrogen and oxygen atoms in total. The average molecular weight is 232 g/mol. The zero-order chi connectivity index (χ0) is 12.4. The van der Waals surface area contributed by atoms with E-state index in [1.165, 1.54) is 18.2 Å². The number of imide groups is 1. The molecule has 1 saturated heterocycles. The number of carbonyl (C=O) groups is 2. The third-order valence-electron chi connectivity index (χ3n) is 2.65. The zero-order valence-corrected chi connectivity index (χ0v) is 8.94. The van der Waals surface area contributed by atoms with Crippen molar-refractivity contribution in [2.75, 3.05) is 0 Å². The summed E-state index contributed by atoms with van der Waals surface area (Å²) in [7, 11) is 0. The summed E-state index contributed by atoms with van der Waals surface area (Å²) in [6.07, 6.45) is 0.455. The van der Waals surface area contributed by atoms with Crippen LogP contribution >= 0.6 is 0 Å². The van der Waals surface area contributed by atoms with Gasteiger partial charge in [-0.3, -0.25) is 14.5 Å². The number of halogens is 1. The molecular weight excluding hydrogens is 223 g/mol. The molecule has 1 heterocycles. The Balaban J connectivity index is 2.22. The normalized spacial score (nSPS) is 15.2. The molecule has 1 aromatic carbocycles. The van der Waals surface area contributed by atoms with Gasteiger partial charge in [-0.05, 0) is 17.7 Å². The first-order valence-electron chi connectivity index (χ1n) is 5.13. The first-order valence-corrected chi connectivity index (χ1v) is 5.13. The van der Waals surface area contributed by atoms with E-state index in [9.17, 15) is 14.0 Å². The van der Waals surface area contributed by atoms with Crippen LogP contribution in [-0.4, -0.2) is 16.7 Å². The quantitative estimate of drug-likeness (QED) is 0.723. The van der Waals surface area contributed by atoms with Gasteiger partial charge in [0.25, 0.3) is 0 Å². The van der Waals surface area contributed by atoms with Gasteiger partial charge in [-0.25, -0.2) is 4.39 Å². The maximum atomic E-state index is 13.1. The van der Waals surface area contributed by atoms with E-state index in [1.54, 1.807) is 6.07 Å². The molecule has 0 spiro atoms. The minimum absolute atomic E-state index is 0.0819. The summed E-state index contributed by atoms with van der Waals surface area (Å²) >= 11 is 0. The first kappa shape index (κ1) is 11.3. The van der Waals surface area contributed by atoms with Crippen molar-refractivity contribution in [2.45, 2.75) is 19.4 Å². The van der Waals surface area contributed by atoms with Gasteiger partial charge in [0.1, 0.15) is 11.9 Å². The predicted molar refractivity (Wildman–Crippen MR) is 55.9 cm³/mol. The van der Waals surface area contributed by atoms with Crippen molar-refractivity contribution in [3.63, 3.8) is 0 Å². The molecule has 1 aliphatic rings. The molecule has 1 fully saturated rings. The number of nitrogens with zero attached hydrogens (tertiary/aromatic N) is 2. The van der Waals surface area contributed by atoms with Crippen LogP contribution in [0, 0.1) is 17.1 Å². The summed E-state index contributed by atoms with van der Waals surface area (Å²) in [6, 6.07) is 5.71. The molecule has 2 rings (SSSR count). The SMILES string of the molecule is N#Cc1cc(CN2C(=O)CCC2=O)ccc1F. The van der Waals surface area contributed by atoms with Gasteiger partial charge in [0.15, 0.2) is 0 Å². The van der Waals surface area contributed by atoms with Gasteiger partial charge in [0.2, 0.25) is 11.8 Å².